The number of aliphatic hydroxyl groups is 1. The van der Waals surface area contributed by atoms with Crippen molar-refractivity contribution in [3.05, 3.63) is 59.4 Å². The fourth-order valence-electron chi connectivity index (χ4n) is 3.15. The van der Waals surface area contributed by atoms with Gasteiger partial charge in [-0.3, -0.25) is 5.41 Å². The predicted molar refractivity (Wildman–Crippen MR) is 129 cm³/mol. The molecule has 0 unspecified atom stereocenters. The van der Waals surface area contributed by atoms with Crippen LogP contribution in [0.5, 0.6) is 5.75 Å². The highest BCUT2D eigenvalue weighted by atomic mass is 19.1. The lowest BCUT2D eigenvalue weighted by Crippen LogP contribution is -2.48. The molecule has 0 aliphatic carbocycles. The number of anilines is 1. The highest BCUT2D eigenvalue weighted by molar-refractivity contribution is 5.96. The smallest absolute Gasteiger partial charge is 0.431 e. The number of esters is 1. The van der Waals surface area contributed by atoms with Gasteiger partial charge in [-0.05, 0) is 57.2 Å². The van der Waals surface area contributed by atoms with Crippen molar-refractivity contribution in [2.24, 2.45) is 0 Å². The molecule has 0 aliphatic heterocycles. The van der Waals surface area contributed by atoms with Crippen molar-refractivity contribution in [1.82, 2.24) is 10.8 Å². The molecule has 0 heterocycles. The summed E-state index contributed by atoms with van der Waals surface area (Å²) in [4.78, 5) is 29.2. The van der Waals surface area contributed by atoms with Gasteiger partial charge in [-0.15, -0.1) is 0 Å². The van der Waals surface area contributed by atoms with Gasteiger partial charge in [-0.2, -0.15) is 5.48 Å². The first-order chi connectivity index (χ1) is 17.3. The molecule has 0 radical (unpaired) electrons. The molecular formula is C24H31FN4O7. The number of amidine groups is 1. The van der Waals surface area contributed by atoms with E-state index in [9.17, 15) is 9.59 Å². The average molecular weight is 507 g/mol. The quantitative estimate of drug-likeness (QED) is 0.0962. The molecule has 0 aromatic heterocycles. The van der Waals surface area contributed by atoms with Gasteiger partial charge < -0.3 is 34.8 Å². The number of hydroxylamine groups is 1. The second-order valence-electron chi connectivity index (χ2n) is 7.15. The maximum atomic E-state index is 15.2. The molecule has 0 spiro atoms. The number of hydrogen-bond donors (Lipinski definition) is 5. The van der Waals surface area contributed by atoms with Crippen molar-refractivity contribution in [2.45, 2.75) is 26.5 Å². The van der Waals surface area contributed by atoms with Crippen LogP contribution in [0.4, 0.5) is 14.9 Å². The van der Waals surface area contributed by atoms with Crippen LogP contribution in [0.25, 0.3) is 0 Å². The molecule has 196 valence electrons. The van der Waals surface area contributed by atoms with Crippen LogP contribution >= 0.6 is 0 Å². The van der Waals surface area contributed by atoms with Crippen LogP contribution in [0.15, 0.2) is 42.5 Å². The van der Waals surface area contributed by atoms with E-state index in [4.69, 9.17) is 29.6 Å². The average Bonchev–Trinajstić information content (AvgIpc) is 2.86. The van der Waals surface area contributed by atoms with Crippen molar-refractivity contribution < 1.29 is 38.1 Å². The van der Waals surface area contributed by atoms with E-state index >= 15 is 4.39 Å². The molecule has 12 heteroatoms. The Morgan fingerprint density at radius 2 is 1.81 bits per heavy atom. The number of hydrogen-bond acceptors (Lipinski definition) is 9. The largest absolute Gasteiger partial charge is 0.491 e. The molecule has 5 N–H and O–H groups in total. The Kier molecular flexibility index (Phi) is 10.9. The summed E-state index contributed by atoms with van der Waals surface area (Å²) in [6, 6.07) is 10.0. The second kappa shape index (κ2) is 13.9. The Morgan fingerprint density at radius 3 is 2.39 bits per heavy atom. The maximum absolute atomic E-state index is 15.2. The Morgan fingerprint density at radius 1 is 1.08 bits per heavy atom. The maximum Gasteiger partial charge on any atom is 0.431 e. The lowest BCUT2D eigenvalue weighted by atomic mass is 10.0. The van der Waals surface area contributed by atoms with Crippen LogP contribution in [0.1, 0.15) is 31.9 Å². The highest BCUT2D eigenvalue weighted by Crippen LogP contribution is 2.33. The van der Waals surface area contributed by atoms with E-state index in [0.717, 1.165) is 6.07 Å². The van der Waals surface area contributed by atoms with Crippen molar-refractivity contribution in [1.29, 1.82) is 5.41 Å². The molecule has 0 aliphatic rings. The number of nitrogens with one attached hydrogen (secondary N) is 4. The molecule has 1 amide bonds. The molecule has 2 aromatic carbocycles. The van der Waals surface area contributed by atoms with Gasteiger partial charge in [-0.25, -0.2) is 14.0 Å². The summed E-state index contributed by atoms with van der Waals surface area (Å²) in [5.74, 6) is -1.66. The lowest BCUT2D eigenvalue weighted by molar-refractivity contribution is -0.169. The number of ether oxygens (including phenoxy) is 3. The molecular weight excluding hydrogens is 475 g/mol. The molecule has 0 saturated heterocycles. The van der Waals surface area contributed by atoms with Crippen molar-refractivity contribution in [3.8, 4) is 5.75 Å². The zero-order chi connectivity index (χ0) is 26.6. The van der Waals surface area contributed by atoms with E-state index in [1.165, 1.54) is 24.3 Å². The Bertz CT molecular complexity index is 1040. The predicted octanol–water partition coefficient (Wildman–Crippen LogP) is 2.64. The van der Waals surface area contributed by atoms with Crippen LogP contribution in [-0.2, 0) is 24.8 Å². The minimum atomic E-state index is -2.03. The summed E-state index contributed by atoms with van der Waals surface area (Å²) in [5, 5.41) is 22.3. The van der Waals surface area contributed by atoms with E-state index in [-0.39, 0.29) is 43.6 Å². The summed E-state index contributed by atoms with van der Waals surface area (Å²) < 4.78 is 31.5. The topological polar surface area (TPSA) is 151 Å². The number of halogens is 1. The van der Waals surface area contributed by atoms with Gasteiger partial charge in [0.25, 0.3) is 5.72 Å². The zero-order valence-electron chi connectivity index (χ0n) is 20.4. The molecule has 2 aromatic rings. The second-order valence-corrected chi connectivity index (χ2v) is 7.15. The van der Waals surface area contributed by atoms with E-state index in [1.807, 2.05) is 0 Å². The number of carbonyl (C=O) groups excluding carboxylic acids is 2. The SMILES string of the molecule is CCNC(=O)ONC(=N)c1ccc(N[C@@](OCC)(C(=O)OCC)c2ccc(OCCO)cc2F)cc1. The van der Waals surface area contributed by atoms with Crippen LogP contribution in [0.2, 0.25) is 0 Å². The molecule has 11 nitrogen and oxygen atoms in total. The molecule has 0 fully saturated rings. The van der Waals surface area contributed by atoms with E-state index < -0.39 is 23.6 Å². The van der Waals surface area contributed by atoms with Gasteiger partial charge in [0, 0.05) is 30.5 Å². The van der Waals surface area contributed by atoms with Crippen LogP contribution < -0.4 is 20.9 Å². The number of aliphatic hydroxyl groups excluding tert-OH is 1. The lowest BCUT2D eigenvalue weighted by Gasteiger charge is -2.33. The minimum absolute atomic E-state index is 0.0178. The number of carbonyl (C=O) groups is 2. The van der Waals surface area contributed by atoms with Crippen LogP contribution in [0, 0.1) is 11.2 Å². The minimum Gasteiger partial charge on any atom is -0.491 e. The van der Waals surface area contributed by atoms with Crippen molar-refractivity contribution in [2.75, 3.05) is 38.3 Å². The van der Waals surface area contributed by atoms with E-state index in [1.54, 1.807) is 32.9 Å². The van der Waals surface area contributed by atoms with Gasteiger partial charge in [0.1, 0.15) is 18.2 Å². The summed E-state index contributed by atoms with van der Waals surface area (Å²) in [6.07, 6.45) is -0.730. The molecule has 2 rings (SSSR count). The fourth-order valence-corrected chi connectivity index (χ4v) is 3.15. The van der Waals surface area contributed by atoms with E-state index in [0.29, 0.717) is 17.8 Å². The summed E-state index contributed by atoms with van der Waals surface area (Å²) in [7, 11) is 0. The number of rotatable bonds is 12. The standard InChI is InChI=1S/C24H31FN4O7/c1-4-27-23(32)36-29-21(26)16-7-9-17(10-8-16)28-24(35-6-3,22(31)33-5-2)19-12-11-18(15-20(19)25)34-14-13-30/h7-12,15,28,30H,4-6,13-14H2,1-3H3,(H2,26,29)(H,27,32)/t24-/m0/s1. The zero-order valence-corrected chi connectivity index (χ0v) is 20.4. The summed E-state index contributed by atoms with van der Waals surface area (Å²) in [5.41, 5.74) is 0.808. The molecule has 1 atom stereocenters. The van der Waals surface area contributed by atoms with Gasteiger partial charge in [0.05, 0.1) is 18.8 Å². The Hall–Kier alpha value is -3.90. The molecule has 36 heavy (non-hydrogen) atoms. The van der Waals surface area contributed by atoms with Gasteiger partial charge in [0.15, 0.2) is 5.84 Å². The Balaban J connectivity index is 2.35. The van der Waals surface area contributed by atoms with E-state index in [2.05, 4.69) is 16.1 Å². The number of amides is 1. The normalized spacial score (nSPS) is 12.1. The fraction of sp³-hybridized carbons (Fsp3) is 0.375. The van der Waals surface area contributed by atoms with Gasteiger partial charge in [-0.1, -0.05) is 0 Å². The summed E-state index contributed by atoms with van der Waals surface area (Å²) in [6.45, 7) is 5.18. The number of benzene rings is 2. The summed E-state index contributed by atoms with van der Waals surface area (Å²) >= 11 is 0. The van der Waals surface area contributed by atoms with Crippen molar-refractivity contribution in [3.63, 3.8) is 0 Å². The van der Waals surface area contributed by atoms with Crippen molar-refractivity contribution >= 4 is 23.6 Å². The molecule has 0 saturated carbocycles. The first-order valence-corrected chi connectivity index (χ1v) is 11.3. The van der Waals surface area contributed by atoms with Gasteiger partial charge in [0.2, 0.25) is 0 Å². The first-order valence-electron chi connectivity index (χ1n) is 11.3. The third-order valence-electron chi connectivity index (χ3n) is 4.66. The highest BCUT2D eigenvalue weighted by Gasteiger charge is 2.45. The van der Waals surface area contributed by atoms with Gasteiger partial charge >= 0.3 is 12.1 Å². The monoisotopic (exact) mass is 506 g/mol. The first kappa shape index (κ1) is 28.3. The third kappa shape index (κ3) is 7.30. The molecule has 0 bridgehead atoms. The van der Waals surface area contributed by atoms with Crippen LogP contribution in [-0.4, -0.2) is 56.0 Å². The Labute approximate surface area is 208 Å². The third-order valence-corrected chi connectivity index (χ3v) is 4.66. The van der Waals surface area contributed by atoms with Crippen LogP contribution in [0.3, 0.4) is 0 Å².